The number of amides is 2. The number of allylic oxidation sites excluding steroid dienone is 1. The minimum absolute atomic E-state index is 0.0316. The van der Waals surface area contributed by atoms with Crippen molar-refractivity contribution in [1.29, 1.82) is 10.7 Å². The number of carbonyl (C=O) groups is 1. The smallest absolute Gasteiger partial charge is 0.341 e. The Morgan fingerprint density at radius 2 is 2.15 bits per heavy atom. The Kier molecular flexibility index (Phi) is 6.49. The number of nitrogens with one attached hydrogen (secondary N) is 2. The molecule has 0 bridgehead atoms. The van der Waals surface area contributed by atoms with Crippen LogP contribution in [0, 0.1) is 22.6 Å². The average molecular weight is 462 g/mol. The number of pyridine rings is 2. The van der Waals surface area contributed by atoms with E-state index in [1.165, 1.54) is 23.5 Å². The number of hydrogen-bond donors (Lipinski definition) is 2. The maximum Gasteiger partial charge on any atom is 0.341 e. The van der Waals surface area contributed by atoms with Crippen LogP contribution in [-0.2, 0) is 0 Å². The summed E-state index contributed by atoms with van der Waals surface area (Å²) in [6.45, 7) is 2.30. The van der Waals surface area contributed by atoms with E-state index in [2.05, 4.69) is 26.5 Å². The molecule has 2 aromatic rings. The number of nitriles is 1. The van der Waals surface area contributed by atoms with E-state index in [1.54, 1.807) is 37.3 Å². The van der Waals surface area contributed by atoms with E-state index >= 15 is 0 Å². The number of urea groups is 1. The Morgan fingerprint density at radius 1 is 1.35 bits per heavy atom. The van der Waals surface area contributed by atoms with E-state index in [-0.39, 0.29) is 37.0 Å². The molecule has 0 radical (unpaired) electrons. The molecule has 0 saturated carbocycles. The Hall–Kier alpha value is -4.33. The lowest BCUT2D eigenvalue weighted by molar-refractivity contribution is 0.0256. The van der Waals surface area contributed by atoms with Gasteiger partial charge in [-0.25, -0.2) is 14.2 Å². The van der Waals surface area contributed by atoms with Crippen molar-refractivity contribution in [3.63, 3.8) is 0 Å². The van der Waals surface area contributed by atoms with E-state index in [1.807, 2.05) is 0 Å². The van der Waals surface area contributed by atoms with Crippen LogP contribution in [0.2, 0.25) is 0 Å². The molecule has 10 nitrogen and oxygen atoms in total. The van der Waals surface area contributed by atoms with Crippen LogP contribution >= 0.6 is 0 Å². The minimum Gasteiger partial charge on any atom is -0.483 e. The first-order chi connectivity index (χ1) is 16.4. The van der Waals surface area contributed by atoms with Crippen LogP contribution in [0.5, 0.6) is 5.75 Å². The molecule has 34 heavy (non-hydrogen) atoms. The monoisotopic (exact) mass is 462 g/mol. The normalized spacial score (nSPS) is 18.1. The average Bonchev–Trinajstić information content (AvgIpc) is 3.32. The number of nitrogens with zero attached hydrogens (tertiary/aromatic N) is 6. The molecule has 0 aliphatic carbocycles. The predicted molar refractivity (Wildman–Crippen MR) is 123 cm³/mol. The van der Waals surface area contributed by atoms with Gasteiger partial charge < -0.3 is 20.4 Å². The van der Waals surface area contributed by atoms with Gasteiger partial charge in [-0.3, -0.25) is 9.97 Å². The van der Waals surface area contributed by atoms with Crippen LogP contribution in [0.15, 0.2) is 41.4 Å². The van der Waals surface area contributed by atoms with Crippen molar-refractivity contribution in [2.24, 2.45) is 5.10 Å². The summed E-state index contributed by atoms with van der Waals surface area (Å²) in [5.41, 5.74) is 2.84. The Morgan fingerprint density at radius 3 is 2.85 bits per heavy atom. The van der Waals surface area contributed by atoms with Gasteiger partial charge in [0.25, 0.3) is 0 Å². The molecule has 174 valence electrons. The molecule has 2 aromatic heterocycles. The van der Waals surface area contributed by atoms with Crippen molar-refractivity contribution in [2.45, 2.75) is 25.5 Å². The summed E-state index contributed by atoms with van der Waals surface area (Å²) in [4.78, 5) is 22.7. The van der Waals surface area contributed by atoms with Crippen molar-refractivity contribution in [3.05, 3.63) is 58.9 Å². The highest BCUT2D eigenvalue weighted by Crippen LogP contribution is 2.31. The van der Waals surface area contributed by atoms with Crippen LogP contribution in [0.25, 0.3) is 5.70 Å². The van der Waals surface area contributed by atoms with Gasteiger partial charge in [-0.05, 0) is 24.1 Å². The van der Waals surface area contributed by atoms with E-state index in [4.69, 9.17) is 15.4 Å². The Balaban J connectivity index is 1.41. The lowest BCUT2D eigenvalue weighted by atomic mass is 10.1. The highest BCUT2D eigenvalue weighted by Gasteiger charge is 2.39. The van der Waals surface area contributed by atoms with Crippen LogP contribution in [0.4, 0.5) is 9.18 Å². The van der Waals surface area contributed by atoms with Gasteiger partial charge in [0.2, 0.25) is 0 Å². The number of ether oxygens (including phenoxy) is 1. The van der Waals surface area contributed by atoms with Gasteiger partial charge in [-0.15, -0.1) is 0 Å². The summed E-state index contributed by atoms with van der Waals surface area (Å²) >= 11 is 0. The minimum atomic E-state index is -0.606. The molecule has 2 aliphatic rings. The molecule has 2 amide bonds. The zero-order valence-electron chi connectivity index (χ0n) is 18.7. The number of likely N-dealkylation sites (tertiary alicyclic amines) is 1. The first-order valence-corrected chi connectivity index (χ1v) is 10.6. The van der Waals surface area contributed by atoms with Crippen molar-refractivity contribution in [3.8, 4) is 11.8 Å². The third-order valence-corrected chi connectivity index (χ3v) is 5.65. The van der Waals surface area contributed by atoms with E-state index in [9.17, 15) is 9.18 Å². The molecule has 1 saturated heterocycles. The van der Waals surface area contributed by atoms with Crippen LogP contribution in [0.1, 0.15) is 36.2 Å². The molecule has 0 unspecified atom stereocenters. The van der Waals surface area contributed by atoms with E-state index < -0.39 is 5.82 Å². The number of hydrogen-bond acceptors (Lipinski definition) is 8. The lowest BCUT2D eigenvalue weighted by Gasteiger charge is -2.41. The maximum absolute atomic E-state index is 14.3. The number of carbonyl (C=O) groups excluding carboxylic acids is 1. The second kappa shape index (κ2) is 9.66. The fraction of sp³-hybridized carbons (Fsp3) is 0.304. The predicted octanol–water partition coefficient (Wildman–Crippen LogP) is 2.70. The number of hydrazone groups is 1. The van der Waals surface area contributed by atoms with Gasteiger partial charge in [-0.1, -0.05) is 0 Å². The van der Waals surface area contributed by atoms with Crippen molar-refractivity contribution < 1.29 is 13.9 Å². The fourth-order valence-corrected chi connectivity index (χ4v) is 3.82. The summed E-state index contributed by atoms with van der Waals surface area (Å²) < 4.78 is 20.1. The maximum atomic E-state index is 14.3. The SMILES string of the molecule is CN/C(=C(/C)C=N)c1cc(OC2CN(C(=O)N3N=CC[C@H]3c3cncc(C#N)c3)C2)c(F)cn1. The van der Waals surface area contributed by atoms with Gasteiger partial charge >= 0.3 is 6.03 Å². The topological polar surface area (TPSA) is 131 Å². The van der Waals surface area contributed by atoms with Crippen molar-refractivity contribution in [1.82, 2.24) is 25.2 Å². The fourth-order valence-electron chi connectivity index (χ4n) is 3.82. The van der Waals surface area contributed by atoms with E-state index in [0.717, 1.165) is 11.8 Å². The van der Waals surface area contributed by atoms with Gasteiger partial charge in [0, 0.05) is 44.4 Å². The third kappa shape index (κ3) is 4.43. The molecule has 1 fully saturated rings. The summed E-state index contributed by atoms with van der Waals surface area (Å²) in [5.74, 6) is -0.574. The zero-order valence-corrected chi connectivity index (χ0v) is 18.7. The quantitative estimate of drug-likeness (QED) is 0.635. The molecule has 4 rings (SSSR count). The summed E-state index contributed by atoms with van der Waals surface area (Å²) in [6, 6.07) is 4.60. The number of aromatic nitrogens is 2. The van der Waals surface area contributed by atoms with Crippen LogP contribution in [0.3, 0.4) is 0 Å². The number of rotatable bonds is 6. The van der Waals surface area contributed by atoms with Crippen LogP contribution < -0.4 is 10.1 Å². The van der Waals surface area contributed by atoms with Gasteiger partial charge in [0.1, 0.15) is 12.2 Å². The van der Waals surface area contributed by atoms with Crippen LogP contribution in [-0.4, -0.2) is 64.6 Å². The Labute approximate surface area is 195 Å². The van der Waals surface area contributed by atoms with Gasteiger partial charge in [0.15, 0.2) is 11.6 Å². The standard InChI is InChI=1S/C23H23FN8O2/c1-14(7-25)22(27-2)19-6-21(18(24)11-29-19)34-17-12-31(13-17)23(33)32-20(3-4-30-32)16-5-15(8-26)9-28-10-16/h4-7,9-11,17,20,25,27H,3,12-13H2,1-2H3/b22-14-,25-7?/t20-/m0/s1. The van der Waals surface area contributed by atoms with Gasteiger partial charge in [-0.2, -0.15) is 10.4 Å². The molecular formula is C23H23FN8O2. The second-order valence-electron chi connectivity index (χ2n) is 7.89. The molecule has 11 heteroatoms. The largest absolute Gasteiger partial charge is 0.483 e. The summed E-state index contributed by atoms with van der Waals surface area (Å²) in [7, 11) is 1.70. The molecule has 2 aliphatic heterocycles. The first-order valence-electron chi connectivity index (χ1n) is 10.6. The number of halogens is 1. The van der Waals surface area contributed by atoms with Crippen molar-refractivity contribution in [2.75, 3.05) is 20.1 Å². The van der Waals surface area contributed by atoms with Gasteiger partial charge in [0.05, 0.1) is 42.3 Å². The van der Waals surface area contributed by atoms with Crippen molar-refractivity contribution >= 4 is 24.2 Å². The second-order valence-corrected chi connectivity index (χ2v) is 7.89. The molecule has 0 spiro atoms. The first kappa shape index (κ1) is 22.8. The van der Waals surface area contributed by atoms with E-state index in [0.29, 0.717) is 28.9 Å². The molecule has 1 atom stereocenters. The highest BCUT2D eigenvalue weighted by atomic mass is 19.1. The lowest BCUT2D eigenvalue weighted by Crippen LogP contribution is -2.58. The highest BCUT2D eigenvalue weighted by molar-refractivity contribution is 5.87. The third-order valence-electron chi connectivity index (χ3n) is 5.65. The summed E-state index contributed by atoms with van der Waals surface area (Å²) in [5, 5.41) is 25.1. The zero-order chi connectivity index (χ0) is 24.2. The summed E-state index contributed by atoms with van der Waals surface area (Å²) in [6.07, 6.45) is 7.16. The Bertz CT molecular complexity index is 1220. The molecule has 2 N–H and O–H groups in total. The molecule has 4 heterocycles. The molecular weight excluding hydrogens is 439 g/mol. The molecule has 0 aromatic carbocycles.